The third kappa shape index (κ3) is 3.46. The van der Waals surface area contributed by atoms with Crippen molar-refractivity contribution in [3.8, 4) is 23.0 Å². The highest BCUT2D eigenvalue weighted by Crippen LogP contribution is 2.40. The van der Waals surface area contributed by atoms with Crippen LogP contribution >= 0.6 is 0 Å². The third-order valence-corrected chi connectivity index (χ3v) is 5.84. The molecular weight excluding hydrogens is 374 g/mol. The monoisotopic (exact) mass is 397 g/mol. The first-order chi connectivity index (χ1) is 14.2. The van der Waals surface area contributed by atoms with E-state index in [1.807, 2.05) is 30.3 Å². The highest BCUT2D eigenvalue weighted by molar-refractivity contribution is 5.82. The average molecular weight is 397 g/mol. The predicted octanol–water partition coefficient (Wildman–Crippen LogP) is 2.42. The van der Waals surface area contributed by atoms with Crippen LogP contribution in [0.4, 0.5) is 0 Å². The Morgan fingerprint density at radius 1 is 0.966 bits per heavy atom. The first-order valence-electron chi connectivity index (χ1n) is 9.88. The van der Waals surface area contributed by atoms with E-state index in [2.05, 4.69) is 11.4 Å². The molecule has 1 atom stereocenters. The predicted molar refractivity (Wildman–Crippen MR) is 104 cm³/mol. The van der Waals surface area contributed by atoms with Gasteiger partial charge in [-0.15, -0.1) is 0 Å². The van der Waals surface area contributed by atoms with Gasteiger partial charge in [0.1, 0.15) is 6.61 Å². The summed E-state index contributed by atoms with van der Waals surface area (Å²) in [6, 6.07) is 13.4. The number of benzene rings is 2. The van der Waals surface area contributed by atoms with Crippen LogP contribution < -0.4 is 24.3 Å². The molecular formula is C22H23NO6. The Morgan fingerprint density at radius 2 is 1.72 bits per heavy atom. The van der Waals surface area contributed by atoms with Gasteiger partial charge in [0.05, 0.1) is 0 Å². The number of fused-ring (bicyclic) bond motifs is 2. The lowest BCUT2D eigenvalue weighted by molar-refractivity contribution is -0.130. The third-order valence-electron chi connectivity index (χ3n) is 5.84. The quantitative estimate of drug-likeness (QED) is 0.854. The fourth-order valence-corrected chi connectivity index (χ4v) is 4.07. The van der Waals surface area contributed by atoms with Crippen LogP contribution in [-0.4, -0.2) is 45.2 Å². The Hall–Kier alpha value is -2.93. The van der Waals surface area contributed by atoms with Crippen molar-refractivity contribution in [1.82, 2.24) is 5.32 Å². The summed E-state index contributed by atoms with van der Waals surface area (Å²) in [5.74, 6) is 2.59. The van der Waals surface area contributed by atoms with Crippen LogP contribution in [0.15, 0.2) is 42.5 Å². The second kappa shape index (κ2) is 7.48. The van der Waals surface area contributed by atoms with Crippen molar-refractivity contribution in [2.45, 2.75) is 24.4 Å². The molecule has 7 nitrogen and oxygen atoms in total. The van der Waals surface area contributed by atoms with E-state index in [0.29, 0.717) is 31.3 Å². The zero-order chi connectivity index (χ0) is 19.7. The summed E-state index contributed by atoms with van der Waals surface area (Å²) >= 11 is 0. The maximum absolute atomic E-state index is 12.8. The Labute approximate surface area is 168 Å². The van der Waals surface area contributed by atoms with E-state index in [4.69, 9.17) is 23.7 Å². The molecule has 0 bridgehead atoms. The van der Waals surface area contributed by atoms with Gasteiger partial charge in [0.2, 0.25) is 12.9 Å². The minimum absolute atomic E-state index is 0.175. The molecule has 5 rings (SSSR count). The molecule has 1 saturated heterocycles. The molecule has 1 unspecified atom stereocenters. The highest BCUT2D eigenvalue weighted by atomic mass is 16.7. The standard InChI is InChI=1S/C22H23NO6/c24-21(20-12-26-16-3-1-2-4-18(16)29-20)23-13-22(7-9-25-10-8-22)15-5-6-17-19(11-15)28-14-27-17/h1-6,11,20H,7-10,12-14H2,(H,23,24). The molecule has 29 heavy (non-hydrogen) atoms. The number of hydrogen-bond donors (Lipinski definition) is 1. The van der Waals surface area contributed by atoms with Crippen molar-refractivity contribution in [2.75, 3.05) is 33.2 Å². The SMILES string of the molecule is O=C(NCC1(c2ccc3c(c2)OCO3)CCOCC1)C1COc2ccccc2O1. The van der Waals surface area contributed by atoms with Gasteiger partial charge in [0.15, 0.2) is 23.0 Å². The largest absolute Gasteiger partial charge is 0.485 e. The normalized spacial score (nSPS) is 21.4. The summed E-state index contributed by atoms with van der Waals surface area (Å²) < 4.78 is 28.1. The van der Waals surface area contributed by atoms with Crippen LogP contribution in [0.3, 0.4) is 0 Å². The second-order valence-electron chi connectivity index (χ2n) is 7.54. The number of rotatable bonds is 4. The number of nitrogens with one attached hydrogen (secondary N) is 1. The van der Waals surface area contributed by atoms with Gasteiger partial charge in [-0.1, -0.05) is 18.2 Å². The van der Waals surface area contributed by atoms with E-state index >= 15 is 0 Å². The molecule has 3 aliphatic heterocycles. The topological polar surface area (TPSA) is 75.3 Å². The van der Waals surface area contributed by atoms with Crippen molar-refractivity contribution < 1.29 is 28.5 Å². The number of hydrogen-bond acceptors (Lipinski definition) is 6. The molecule has 2 aromatic rings. The Morgan fingerprint density at radius 3 is 2.59 bits per heavy atom. The number of carbonyl (C=O) groups excluding carboxylic acids is 1. The van der Waals surface area contributed by atoms with Gasteiger partial charge in [-0.05, 0) is 42.7 Å². The van der Waals surface area contributed by atoms with E-state index in [0.717, 1.165) is 29.9 Å². The highest BCUT2D eigenvalue weighted by Gasteiger charge is 2.37. The lowest BCUT2D eigenvalue weighted by atomic mass is 9.74. The Bertz CT molecular complexity index is 908. The fourth-order valence-electron chi connectivity index (χ4n) is 4.07. The summed E-state index contributed by atoms with van der Waals surface area (Å²) in [4.78, 5) is 12.8. The van der Waals surface area contributed by atoms with Gasteiger partial charge < -0.3 is 29.0 Å². The summed E-state index contributed by atoms with van der Waals surface area (Å²) in [5.41, 5.74) is 0.902. The number of carbonyl (C=O) groups is 1. The van der Waals surface area contributed by atoms with E-state index in [1.54, 1.807) is 6.07 Å². The van der Waals surface area contributed by atoms with Gasteiger partial charge in [0.25, 0.3) is 5.91 Å². The second-order valence-corrected chi connectivity index (χ2v) is 7.54. The molecule has 0 saturated carbocycles. The Balaban J connectivity index is 1.31. The molecule has 1 N–H and O–H groups in total. The molecule has 0 aromatic heterocycles. The van der Waals surface area contributed by atoms with Crippen LogP contribution in [0.25, 0.3) is 0 Å². The van der Waals surface area contributed by atoms with Gasteiger partial charge in [-0.3, -0.25) is 4.79 Å². The van der Waals surface area contributed by atoms with Gasteiger partial charge in [-0.25, -0.2) is 0 Å². The number of para-hydroxylation sites is 2. The molecule has 2 aromatic carbocycles. The zero-order valence-corrected chi connectivity index (χ0v) is 16.0. The number of amides is 1. The molecule has 152 valence electrons. The van der Waals surface area contributed by atoms with E-state index < -0.39 is 6.10 Å². The van der Waals surface area contributed by atoms with Gasteiger partial charge in [0, 0.05) is 25.2 Å². The van der Waals surface area contributed by atoms with Crippen molar-refractivity contribution in [2.24, 2.45) is 0 Å². The molecule has 0 aliphatic carbocycles. The zero-order valence-electron chi connectivity index (χ0n) is 16.0. The van der Waals surface area contributed by atoms with Crippen LogP contribution in [0.1, 0.15) is 18.4 Å². The van der Waals surface area contributed by atoms with Crippen molar-refractivity contribution >= 4 is 5.91 Å². The minimum Gasteiger partial charge on any atom is -0.485 e. The van der Waals surface area contributed by atoms with Crippen molar-refractivity contribution in [3.05, 3.63) is 48.0 Å². The van der Waals surface area contributed by atoms with E-state index in [-0.39, 0.29) is 24.7 Å². The molecule has 0 radical (unpaired) electrons. The molecule has 1 amide bonds. The number of ether oxygens (including phenoxy) is 5. The maximum atomic E-state index is 12.8. The molecule has 0 spiro atoms. The Kier molecular flexibility index (Phi) is 4.67. The molecule has 7 heteroatoms. The van der Waals surface area contributed by atoms with Crippen LogP contribution in [0.2, 0.25) is 0 Å². The van der Waals surface area contributed by atoms with Crippen LogP contribution in [0.5, 0.6) is 23.0 Å². The smallest absolute Gasteiger partial charge is 0.264 e. The molecule has 1 fully saturated rings. The van der Waals surface area contributed by atoms with Crippen LogP contribution in [0, 0.1) is 0 Å². The summed E-state index contributed by atoms with van der Waals surface area (Å²) in [7, 11) is 0. The van der Waals surface area contributed by atoms with Crippen molar-refractivity contribution in [1.29, 1.82) is 0 Å². The summed E-state index contributed by atoms with van der Waals surface area (Å²) in [6.07, 6.45) is 0.966. The molecule has 3 aliphatic rings. The lowest BCUT2D eigenvalue weighted by Crippen LogP contribution is -2.50. The minimum atomic E-state index is -0.668. The summed E-state index contributed by atoms with van der Waals surface area (Å²) in [5, 5.41) is 3.09. The van der Waals surface area contributed by atoms with E-state index in [1.165, 1.54) is 0 Å². The molecule has 3 heterocycles. The van der Waals surface area contributed by atoms with Gasteiger partial charge >= 0.3 is 0 Å². The fraction of sp³-hybridized carbons (Fsp3) is 0.409. The lowest BCUT2D eigenvalue weighted by Gasteiger charge is -2.38. The first kappa shape index (κ1) is 18.1. The summed E-state index contributed by atoms with van der Waals surface area (Å²) in [6.45, 7) is 2.24. The first-order valence-corrected chi connectivity index (χ1v) is 9.88. The van der Waals surface area contributed by atoms with E-state index in [9.17, 15) is 4.79 Å². The van der Waals surface area contributed by atoms with Crippen molar-refractivity contribution in [3.63, 3.8) is 0 Å². The van der Waals surface area contributed by atoms with Crippen LogP contribution in [-0.2, 0) is 14.9 Å². The maximum Gasteiger partial charge on any atom is 0.264 e. The van der Waals surface area contributed by atoms with Gasteiger partial charge in [-0.2, -0.15) is 0 Å². The average Bonchev–Trinajstić information content (AvgIpc) is 3.26.